The lowest BCUT2D eigenvalue weighted by atomic mass is 10.0. The van der Waals surface area contributed by atoms with Crippen molar-refractivity contribution >= 4 is 0 Å². The first-order valence-electron chi connectivity index (χ1n) is 5.97. The van der Waals surface area contributed by atoms with E-state index in [0.29, 0.717) is 6.04 Å². The molecule has 0 amide bonds. The van der Waals surface area contributed by atoms with Crippen molar-refractivity contribution < 1.29 is 0 Å². The number of aromatic nitrogens is 1. The molecule has 0 saturated heterocycles. The van der Waals surface area contributed by atoms with Crippen molar-refractivity contribution in [2.75, 3.05) is 0 Å². The summed E-state index contributed by atoms with van der Waals surface area (Å²) in [6, 6.07) is 4.50. The monoisotopic (exact) mass is 206 g/mol. The molecule has 0 aliphatic rings. The normalized spacial score (nSPS) is 12.7. The van der Waals surface area contributed by atoms with E-state index in [9.17, 15) is 0 Å². The van der Waals surface area contributed by atoms with Crippen molar-refractivity contribution in [2.45, 2.75) is 51.5 Å². The summed E-state index contributed by atoms with van der Waals surface area (Å²) in [7, 11) is 0. The fraction of sp³-hybridized carbons (Fsp3) is 0.615. The summed E-state index contributed by atoms with van der Waals surface area (Å²) in [6.07, 6.45) is 10.9. The zero-order chi connectivity index (χ0) is 10.9. The van der Waals surface area contributed by atoms with Gasteiger partial charge in [-0.2, -0.15) is 0 Å². The van der Waals surface area contributed by atoms with Crippen LogP contribution in [-0.4, -0.2) is 11.0 Å². The lowest BCUT2D eigenvalue weighted by molar-refractivity contribution is 0.529. The predicted molar refractivity (Wildman–Crippen MR) is 64.7 cm³/mol. The minimum Gasteiger partial charge on any atom is -0.328 e. The highest BCUT2D eigenvalue weighted by molar-refractivity contribution is 5.09. The van der Waals surface area contributed by atoms with E-state index in [2.05, 4.69) is 24.0 Å². The third kappa shape index (κ3) is 5.53. The molecule has 1 aromatic heterocycles. The second kappa shape index (κ2) is 7.41. The molecule has 2 heteroatoms. The molecule has 1 atom stereocenters. The van der Waals surface area contributed by atoms with Crippen LogP contribution in [0, 0.1) is 0 Å². The minimum atomic E-state index is 0.365. The number of nitrogens with two attached hydrogens (primary N) is 1. The summed E-state index contributed by atoms with van der Waals surface area (Å²) >= 11 is 0. The van der Waals surface area contributed by atoms with Gasteiger partial charge in [0.05, 0.1) is 0 Å². The Hall–Kier alpha value is -0.890. The molecule has 0 aliphatic heterocycles. The molecule has 0 aromatic carbocycles. The topological polar surface area (TPSA) is 38.9 Å². The van der Waals surface area contributed by atoms with Gasteiger partial charge in [-0.1, -0.05) is 26.2 Å². The van der Waals surface area contributed by atoms with Crippen molar-refractivity contribution in [3.63, 3.8) is 0 Å². The summed E-state index contributed by atoms with van der Waals surface area (Å²) in [5.74, 6) is 0. The fourth-order valence-corrected chi connectivity index (χ4v) is 1.70. The lowest BCUT2D eigenvalue weighted by Crippen LogP contribution is -2.20. The van der Waals surface area contributed by atoms with Crippen molar-refractivity contribution in [1.29, 1.82) is 0 Å². The van der Waals surface area contributed by atoms with E-state index in [-0.39, 0.29) is 0 Å². The van der Waals surface area contributed by atoms with Crippen LogP contribution in [0.1, 0.15) is 44.6 Å². The van der Waals surface area contributed by atoms with Gasteiger partial charge in [-0.05, 0) is 37.0 Å². The first kappa shape index (κ1) is 12.2. The fourth-order valence-electron chi connectivity index (χ4n) is 1.70. The molecule has 0 bridgehead atoms. The Morgan fingerprint density at radius 1 is 1.20 bits per heavy atom. The van der Waals surface area contributed by atoms with Crippen molar-refractivity contribution in [3.05, 3.63) is 30.1 Å². The number of aryl methyl sites for hydroxylation is 1. The van der Waals surface area contributed by atoms with Crippen LogP contribution in [0.3, 0.4) is 0 Å². The molecular formula is C13H22N2. The first-order chi connectivity index (χ1) is 7.33. The molecule has 1 rings (SSSR count). The molecule has 1 unspecified atom stereocenters. The first-order valence-corrected chi connectivity index (χ1v) is 5.97. The Kier molecular flexibility index (Phi) is 6.02. The Morgan fingerprint density at radius 3 is 2.60 bits per heavy atom. The largest absolute Gasteiger partial charge is 0.328 e. The van der Waals surface area contributed by atoms with Gasteiger partial charge >= 0.3 is 0 Å². The van der Waals surface area contributed by atoms with Crippen LogP contribution in [0.15, 0.2) is 24.5 Å². The van der Waals surface area contributed by atoms with Gasteiger partial charge in [-0.25, -0.2) is 0 Å². The third-order valence-electron chi connectivity index (χ3n) is 2.73. The third-order valence-corrected chi connectivity index (χ3v) is 2.73. The summed E-state index contributed by atoms with van der Waals surface area (Å²) in [5.41, 5.74) is 7.39. The highest BCUT2D eigenvalue weighted by Crippen LogP contribution is 2.08. The van der Waals surface area contributed by atoms with Crippen LogP contribution in [-0.2, 0) is 6.42 Å². The van der Waals surface area contributed by atoms with Crippen LogP contribution >= 0.6 is 0 Å². The Bertz CT molecular complexity index is 246. The van der Waals surface area contributed by atoms with Gasteiger partial charge in [0.15, 0.2) is 0 Å². The van der Waals surface area contributed by atoms with Crippen LogP contribution in [0.5, 0.6) is 0 Å². The van der Waals surface area contributed by atoms with Crippen molar-refractivity contribution in [2.24, 2.45) is 5.73 Å². The van der Waals surface area contributed by atoms with E-state index in [1.165, 1.54) is 31.2 Å². The molecule has 84 valence electrons. The predicted octanol–water partition coefficient (Wildman–Crippen LogP) is 2.92. The van der Waals surface area contributed by atoms with Gasteiger partial charge in [0.25, 0.3) is 0 Å². The molecule has 0 aliphatic carbocycles. The quantitative estimate of drug-likeness (QED) is 0.697. The van der Waals surface area contributed by atoms with E-state index < -0.39 is 0 Å². The number of hydrogen-bond donors (Lipinski definition) is 1. The summed E-state index contributed by atoms with van der Waals surface area (Å²) < 4.78 is 0. The van der Waals surface area contributed by atoms with Crippen LogP contribution in [0.2, 0.25) is 0 Å². The molecule has 0 saturated carbocycles. The van der Waals surface area contributed by atoms with E-state index in [0.717, 1.165) is 12.8 Å². The molecule has 0 spiro atoms. The minimum absolute atomic E-state index is 0.365. The molecular weight excluding hydrogens is 184 g/mol. The van der Waals surface area contributed by atoms with Crippen LogP contribution in [0.4, 0.5) is 0 Å². The highest BCUT2D eigenvalue weighted by Gasteiger charge is 2.02. The van der Waals surface area contributed by atoms with Gasteiger partial charge in [0.1, 0.15) is 0 Å². The van der Waals surface area contributed by atoms with Crippen molar-refractivity contribution in [3.8, 4) is 0 Å². The summed E-state index contributed by atoms with van der Waals surface area (Å²) in [5, 5.41) is 0. The van der Waals surface area contributed by atoms with Gasteiger partial charge in [0, 0.05) is 18.4 Å². The Labute approximate surface area is 92.9 Å². The molecule has 1 aromatic rings. The Balaban J connectivity index is 2.14. The zero-order valence-corrected chi connectivity index (χ0v) is 9.65. The zero-order valence-electron chi connectivity index (χ0n) is 9.65. The molecule has 15 heavy (non-hydrogen) atoms. The van der Waals surface area contributed by atoms with Crippen LogP contribution in [0.25, 0.3) is 0 Å². The molecule has 2 N–H and O–H groups in total. The SMILES string of the molecule is CCCCCC(N)CCc1ccncc1. The van der Waals surface area contributed by atoms with Crippen LogP contribution < -0.4 is 5.73 Å². The van der Waals surface area contributed by atoms with Gasteiger partial charge < -0.3 is 5.73 Å². The second-order valence-electron chi connectivity index (χ2n) is 4.15. The average Bonchev–Trinajstić information content (AvgIpc) is 2.28. The maximum Gasteiger partial charge on any atom is 0.0270 e. The van der Waals surface area contributed by atoms with E-state index in [4.69, 9.17) is 5.73 Å². The molecule has 2 nitrogen and oxygen atoms in total. The van der Waals surface area contributed by atoms with Gasteiger partial charge in [-0.3, -0.25) is 4.98 Å². The number of pyridine rings is 1. The van der Waals surface area contributed by atoms with E-state index in [1.807, 2.05) is 12.4 Å². The lowest BCUT2D eigenvalue weighted by Gasteiger charge is -2.10. The smallest absolute Gasteiger partial charge is 0.0270 e. The molecule has 1 heterocycles. The molecule has 0 fully saturated rings. The Morgan fingerprint density at radius 2 is 1.93 bits per heavy atom. The van der Waals surface area contributed by atoms with Gasteiger partial charge in [0.2, 0.25) is 0 Å². The van der Waals surface area contributed by atoms with Crippen molar-refractivity contribution in [1.82, 2.24) is 4.98 Å². The number of unbranched alkanes of at least 4 members (excludes halogenated alkanes) is 2. The average molecular weight is 206 g/mol. The number of hydrogen-bond acceptors (Lipinski definition) is 2. The van der Waals surface area contributed by atoms with E-state index in [1.54, 1.807) is 0 Å². The summed E-state index contributed by atoms with van der Waals surface area (Å²) in [4.78, 5) is 4.00. The maximum absolute atomic E-state index is 6.05. The highest BCUT2D eigenvalue weighted by atomic mass is 14.6. The number of nitrogens with zero attached hydrogens (tertiary/aromatic N) is 1. The second-order valence-corrected chi connectivity index (χ2v) is 4.15. The van der Waals surface area contributed by atoms with E-state index >= 15 is 0 Å². The maximum atomic E-state index is 6.05. The number of rotatable bonds is 7. The van der Waals surface area contributed by atoms with Gasteiger partial charge in [-0.15, -0.1) is 0 Å². The molecule has 0 radical (unpaired) electrons. The standard InChI is InChI=1S/C13H22N2/c1-2-3-4-5-13(14)7-6-12-8-10-15-11-9-12/h8-11,13H,2-7,14H2,1H3. The summed E-state index contributed by atoms with van der Waals surface area (Å²) in [6.45, 7) is 2.22.